The third-order valence-electron chi connectivity index (χ3n) is 6.00. The van der Waals surface area contributed by atoms with Gasteiger partial charge in [0.05, 0.1) is 6.54 Å². The van der Waals surface area contributed by atoms with Gasteiger partial charge < -0.3 is 20.2 Å². The van der Waals surface area contributed by atoms with Gasteiger partial charge in [0.15, 0.2) is 0 Å². The summed E-state index contributed by atoms with van der Waals surface area (Å²) >= 11 is 0. The Morgan fingerprint density at radius 3 is 2.50 bits per heavy atom. The van der Waals surface area contributed by atoms with Crippen molar-refractivity contribution in [2.24, 2.45) is 5.92 Å². The van der Waals surface area contributed by atoms with E-state index in [4.69, 9.17) is 0 Å². The van der Waals surface area contributed by atoms with Crippen LogP contribution in [0.25, 0.3) is 0 Å². The maximum absolute atomic E-state index is 12.6. The van der Waals surface area contributed by atoms with E-state index in [0.717, 1.165) is 43.6 Å². The standard InChI is InChI=1S/C24H29N3O3/c28-17-19-13-21-5-1-2-6-22(21)27(15-19)16-23(29)25-14-18-7-9-20(10-8-18)24(30)26-11-3-4-12-26/h1-2,5-10,19,28H,3-4,11-17H2,(H,25,29). The van der Waals surface area contributed by atoms with Gasteiger partial charge in [-0.25, -0.2) is 0 Å². The minimum Gasteiger partial charge on any atom is -0.396 e. The first-order valence-electron chi connectivity index (χ1n) is 10.7. The van der Waals surface area contributed by atoms with Crippen molar-refractivity contribution in [3.05, 3.63) is 65.2 Å². The Kier molecular flexibility index (Phi) is 6.33. The zero-order valence-corrected chi connectivity index (χ0v) is 17.2. The topological polar surface area (TPSA) is 72.9 Å². The predicted molar refractivity (Wildman–Crippen MR) is 116 cm³/mol. The van der Waals surface area contributed by atoms with E-state index in [0.29, 0.717) is 18.7 Å². The molecule has 4 rings (SSSR count). The molecule has 1 atom stereocenters. The number of para-hydroxylation sites is 1. The Balaban J connectivity index is 1.32. The normalized spacial score (nSPS) is 18.2. The number of nitrogens with one attached hydrogen (secondary N) is 1. The number of likely N-dealkylation sites (tertiary alicyclic amines) is 1. The molecule has 2 aliphatic heterocycles. The molecule has 2 aromatic rings. The summed E-state index contributed by atoms with van der Waals surface area (Å²) in [6.45, 7) is 3.17. The van der Waals surface area contributed by atoms with E-state index in [9.17, 15) is 14.7 Å². The number of fused-ring (bicyclic) bond motifs is 1. The van der Waals surface area contributed by atoms with Crippen LogP contribution in [-0.4, -0.2) is 54.6 Å². The number of hydrogen-bond donors (Lipinski definition) is 2. The van der Waals surface area contributed by atoms with Crippen molar-refractivity contribution in [2.75, 3.05) is 37.7 Å². The van der Waals surface area contributed by atoms with Crippen LogP contribution >= 0.6 is 0 Å². The Labute approximate surface area is 177 Å². The van der Waals surface area contributed by atoms with E-state index >= 15 is 0 Å². The van der Waals surface area contributed by atoms with Gasteiger partial charge >= 0.3 is 0 Å². The van der Waals surface area contributed by atoms with Gasteiger partial charge in [0.25, 0.3) is 5.91 Å². The highest BCUT2D eigenvalue weighted by atomic mass is 16.3. The highest BCUT2D eigenvalue weighted by molar-refractivity contribution is 5.94. The van der Waals surface area contributed by atoms with E-state index in [1.165, 1.54) is 5.56 Å². The number of carbonyl (C=O) groups is 2. The van der Waals surface area contributed by atoms with Gasteiger partial charge in [-0.3, -0.25) is 9.59 Å². The van der Waals surface area contributed by atoms with Gasteiger partial charge in [-0.05, 0) is 48.6 Å². The number of hydrogen-bond acceptors (Lipinski definition) is 4. The van der Waals surface area contributed by atoms with Crippen molar-refractivity contribution in [1.82, 2.24) is 10.2 Å². The van der Waals surface area contributed by atoms with Crippen molar-refractivity contribution < 1.29 is 14.7 Å². The van der Waals surface area contributed by atoms with Crippen LogP contribution in [0.1, 0.15) is 34.3 Å². The molecule has 2 N–H and O–H groups in total. The molecule has 0 saturated carbocycles. The predicted octanol–water partition coefficient (Wildman–Crippen LogP) is 2.21. The number of anilines is 1. The molecule has 0 spiro atoms. The molecule has 2 heterocycles. The van der Waals surface area contributed by atoms with Crippen molar-refractivity contribution in [3.63, 3.8) is 0 Å². The Morgan fingerprint density at radius 2 is 1.77 bits per heavy atom. The smallest absolute Gasteiger partial charge is 0.253 e. The van der Waals surface area contributed by atoms with E-state index in [2.05, 4.69) is 11.4 Å². The van der Waals surface area contributed by atoms with Gasteiger partial charge in [-0.2, -0.15) is 0 Å². The first kappa shape index (κ1) is 20.4. The van der Waals surface area contributed by atoms with Crippen molar-refractivity contribution >= 4 is 17.5 Å². The number of aliphatic hydroxyl groups excluding tert-OH is 1. The van der Waals surface area contributed by atoms with E-state index in [-0.39, 0.29) is 30.9 Å². The lowest BCUT2D eigenvalue weighted by Gasteiger charge is -2.35. The molecular formula is C24H29N3O3. The fraction of sp³-hybridized carbons (Fsp3) is 0.417. The molecular weight excluding hydrogens is 378 g/mol. The van der Waals surface area contributed by atoms with E-state index in [1.54, 1.807) is 0 Å². The molecule has 1 fully saturated rings. The molecule has 6 nitrogen and oxygen atoms in total. The number of benzene rings is 2. The van der Waals surface area contributed by atoms with Crippen LogP contribution < -0.4 is 10.2 Å². The Morgan fingerprint density at radius 1 is 1.03 bits per heavy atom. The molecule has 2 aliphatic rings. The fourth-order valence-electron chi connectivity index (χ4n) is 4.35. The number of amides is 2. The van der Waals surface area contributed by atoms with Gasteiger partial charge in [0.2, 0.25) is 5.91 Å². The van der Waals surface area contributed by atoms with Crippen LogP contribution in [0.2, 0.25) is 0 Å². The lowest BCUT2D eigenvalue weighted by atomic mass is 9.93. The van der Waals surface area contributed by atoms with Crippen molar-refractivity contribution in [1.29, 1.82) is 0 Å². The summed E-state index contributed by atoms with van der Waals surface area (Å²) in [5.74, 6) is 0.180. The molecule has 2 amide bonds. The Bertz CT molecular complexity index is 891. The minimum atomic E-state index is -0.0550. The van der Waals surface area contributed by atoms with Gasteiger partial charge in [0.1, 0.15) is 0 Å². The minimum absolute atomic E-state index is 0.0550. The zero-order valence-electron chi connectivity index (χ0n) is 17.2. The SMILES string of the molecule is O=C(CN1CC(CO)Cc2ccccc21)NCc1ccc(C(=O)N2CCCC2)cc1. The van der Waals surface area contributed by atoms with E-state index in [1.807, 2.05) is 52.3 Å². The molecule has 0 aromatic heterocycles. The van der Waals surface area contributed by atoms with Gasteiger partial charge in [-0.1, -0.05) is 30.3 Å². The van der Waals surface area contributed by atoms with Crippen molar-refractivity contribution in [2.45, 2.75) is 25.8 Å². The van der Waals surface area contributed by atoms with Crippen LogP contribution in [0, 0.1) is 5.92 Å². The molecule has 0 aliphatic carbocycles. The fourth-order valence-corrected chi connectivity index (χ4v) is 4.35. The first-order valence-corrected chi connectivity index (χ1v) is 10.7. The quantitative estimate of drug-likeness (QED) is 0.770. The molecule has 30 heavy (non-hydrogen) atoms. The van der Waals surface area contributed by atoms with Crippen LogP contribution in [0.15, 0.2) is 48.5 Å². The van der Waals surface area contributed by atoms with Crippen LogP contribution in [0.5, 0.6) is 0 Å². The summed E-state index contributed by atoms with van der Waals surface area (Å²) in [7, 11) is 0. The lowest BCUT2D eigenvalue weighted by molar-refractivity contribution is -0.120. The molecule has 6 heteroatoms. The molecule has 158 valence electrons. The maximum Gasteiger partial charge on any atom is 0.253 e. The average molecular weight is 408 g/mol. The summed E-state index contributed by atoms with van der Waals surface area (Å²) in [5, 5.41) is 12.6. The number of aliphatic hydroxyl groups is 1. The van der Waals surface area contributed by atoms with Crippen LogP contribution in [0.3, 0.4) is 0 Å². The molecule has 0 bridgehead atoms. The van der Waals surface area contributed by atoms with Crippen LogP contribution in [0.4, 0.5) is 5.69 Å². The molecule has 1 unspecified atom stereocenters. The highest BCUT2D eigenvalue weighted by Crippen LogP contribution is 2.29. The third kappa shape index (κ3) is 4.65. The second-order valence-corrected chi connectivity index (χ2v) is 8.23. The lowest BCUT2D eigenvalue weighted by Crippen LogP contribution is -2.43. The molecule has 0 radical (unpaired) electrons. The van der Waals surface area contributed by atoms with Crippen molar-refractivity contribution in [3.8, 4) is 0 Å². The second-order valence-electron chi connectivity index (χ2n) is 8.23. The first-order chi connectivity index (χ1) is 14.6. The summed E-state index contributed by atoms with van der Waals surface area (Å²) in [6.07, 6.45) is 3.00. The summed E-state index contributed by atoms with van der Waals surface area (Å²) in [6, 6.07) is 15.6. The van der Waals surface area contributed by atoms with Crippen LogP contribution in [-0.2, 0) is 17.8 Å². The molecule has 1 saturated heterocycles. The van der Waals surface area contributed by atoms with Gasteiger partial charge in [0, 0.05) is 50.0 Å². The Hall–Kier alpha value is -2.86. The summed E-state index contributed by atoms with van der Waals surface area (Å²) in [4.78, 5) is 28.9. The maximum atomic E-state index is 12.6. The monoisotopic (exact) mass is 407 g/mol. The number of rotatable bonds is 6. The highest BCUT2D eigenvalue weighted by Gasteiger charge is 2.25. The number of nitrogens with zero attached hydrogens (tertiary/aromatic N) is 2. The third-order valence-corrected chi connectivity index (χ3v) is 6.00. The second kappa shape index (κ2) is 9.30. The largest absolute Gasteiger partial charge is 0.396 e. The van der Waals surface area contributed by atoms with E-state index < -0.39 is 0 Å². The number of carbonyl (C=O) groups excluding carboxylic acids is 2. The van der Waals surface area contributed by atoms with Gasteiger partial charge in [-0.15, -0.1) is 0 Å². The summed E-state index contributed by atoms with van der Waals surface area (Å²) < 4.78 is 0. The zero-order chi connectivity index (χ0) is 20.9. The molecule has 2 aromatic carbocycles. The average Bonchev–Trinajstić information content (AvgIpc) is 3.32. The summed E-state index contributed by atoms with van der Waals surface area (Å²) in [5.41, 5.74) is 3.91.